The first-order valence-electron chi connectivity index (χ1n) is 5.67. The largest absolute Gasteiger partial charge is 0.480 e. The number of anilines is 1. The van der Waals surface area contributed by atoms with Gasteiger partial charge in [-0.1, -0.05) is 11.8 Å². The highest BCUT2D eigenvalue weighted by Gasteiger charge is 2.32. The van der Waals surface area contributed by atoms with Crippen molar-refractivity contribution < 1.29 is 19.5 Å². The Morgan fingerprint density at radius 2 is 2.32 bits per heavy atom. The number of carboxylic acids is 1. The fourth-order valence-electron chi connectivity index (χ4n) is 1.96. The Bertz CT molecular complexity index is 528. The number of aromatic nitrogens is 2. The highest BCUT2D eigenvalue weighted by molar-refractivity contribution is 8.14. The summed E-state index contributed by atoms with van der Waals surface area (Å²) in [5.41, 5.74) is 0.568. The Kier molecular flexibility index (Phi) is 3.89. The summed E-state index contributed by atoms with van der Waals surface area (Å²) < 4.78 is 1.26. The molecule has 1 amide bonds. The molecule has 8 heteroatoms. The van der Waals surface area contributed by atoms with E-state index in [-0.39, 0.29) is 22.8 Å². The zero-order valence-electron chi connectivity index (χ0n) is 10.3. The highest BCUT2D eigenvalue weighted by atomic mass is 32.2. The van der Waals surface area contributed by atoms with Gasteiger partial charge in [0, 0.05) is 31.3 Å². The monoisotopic (exact) mass is 283 g/mol. The van der Waals surface area contributed by atoms with Crippen LogP contribution in [0.25, 0.3) is 0 Å². The van der Waals surface area contributed by atoms with Gasteiger partial charge < -0.3 is 10.0 Å². The molecule has 1 aliphatic rings. The normalized spacial score (nSPS) is 18.9. The van der Waals surface area contributed by atoms with E-state index in [4.69, 9.17) is 5.11 Å². The Morgan fingerprint density at radius 1 is 1.58 bits per heavy atom. The van der Waals surface area contributed by atoms with Crippen LogP contribution in [0.1, 0.15) is 13.3 Å². The first-order chi connectivity index (χ1) is 8.95. The molecule has 1 atom stereocenters. The van der Waals surface area contributed by atoms with E-state index in [1.165, 1.54) is 28.9 Å². The first kappa shape index (κ1) is 13.6. The molecule has 0 bridgehead atoms. The lowest BCUT2D eigenvalue weighted by Gasteiger charge is -2.13. The van der Waals surface area contributed by atoms with Crippen molar-refractivity contribution in [2.45, 2.75) is 25.1 Å². The summed E-state index contributed by atoms with van der Waals surface area (Å²) in [6.07, 6.45) is 3.29. The second kappa shape index (κ2) is 5.43. The summed E-state index contributed by atoms with van der Waals surface area (Å²) in [6, 6.07) is 0. The van der Waals surface area contributed by atoms with E-state index >= 15 is 0 Å². The Labute approximate surface area is 113 Å². The molecule has 0 aliphatic carbocycles. The van der Waals surface area contributed by atoms with Crippen molar-refractivity contribution in [3.05, 3.63) is 12.4 Å². The van der Waals surface area contributed by atoms with Crippen LogP contribution in [0.2, 0.25) is 0 Å². The van der Waals surface area contributed by atoms with E-state index in [0.29, 0.717) is 18.7 Å². The van der Waals surface area contributed by atoms with Crippen molar-refractivity contribution >= 4 is 34.4 Å². The van der Waals surface area contributed by atoms with Crippen LogP contribution in [-0.4, -0.2) is 43.7 Å². The van der Waals surface area contributed by atoms with Crippen molar-refractivity contribution in [1.29, 1.82) is 0 Å². The smallest absolute Gasteiger partial charge is 0.325 e. The van der Waals surface area contributed by atoms with Gasteiger partial charge in [-0.3, -0.25) is 19.1 Å². The van der Waals surface area contributed by atoms with Crippen LogP contribution in [0.3, 0.4) is 0 Å². The molecule has 2 heterocycles. The van der Waals surface area contributed by atoms with E-state index in [9.17, 15) is 14.4 Å². The molecule has 19 heavy (non-hydrogen) atoms. The molecule has 7 nitrogen and oxygen atoms in total. The summed E-state index contributed by atoms with van der Waals surface area (Å²) in [4.78, 5) is 35.0. The van der Waals surface area contributed by atoms with Gasteiger partial charge in [0.15, 0.2) is 5.12 Å². The fourth-order valence-corrected chi connectivity index (χ4v) is 2.87. The first-order valence-corrected chi connectivity index (χ1v) is 6.55. The minimum absolute atomic E-state index is 0.0128. The number of aliphatic carboxylic acids is 1. The minimum Gasteiger partial charge on any atom is -0.480 e. The third-order valence-corrected chi connectivity index (χ3v) is 3.63. The lowest BCUT2D eigenvalue weighted by molar-refractivity contribution is -0.137. The van der Waals surface area contributed by atoms with Gasteiger partial charge >= 0.3 is 5.97 Å². The van der Waals surface area contributed by atoms with Crippen molar-refractivity contribution in [2.75, 3.05) is 11.4 Å². The topological polar surface area (TPSA) is 92.5 Å². The van der Waals surface area contributed by atoms with E-state index < -0.39 is 5.97 Å². The third kappa shape index (κ3) is 3.34. The highest BCUT2D eigenvalue weighted by Crippen LogP contribution is 2.28. The minimum atomic E-state index is -0.993. The van der Waals surface area contributed by atoms with Crippen LogP contribution in [0.15, 0.2) is 12.4 Å². The second-order valence-corrected chi connectivity index (χ2v) is 5.71. The Hall–Kier alpha value is -1.83. The maximum Gasteiger partial charge on any atom is 0.325 e. The molecule has 0 radical (unpaired) electrons. The molecule has 0 saturated carbocycles. The average molecular weight is 283 g/mol. The Balaban J connectivity index is 2.05. The van der Waals surface area contributed by atoms with Crippen molar-refractivity contribution in [1.82, 2.24) is 9.78 Å². The number of hydrogen-bond acceptors (Lipinski definition) is 5. The molecule has 1 aliphatic heterocycles. The van der Waals surface area contributed by atoms with Crippen molar-refractivity contribution in [3.8, 4) is 0 Å². The molecule has 2 rings (SSSR count). The predicted molar refractivity (Wildman–Crippen MR) is 68.9 cm³/mol. The van der Waals surface area contributed by atoms with Crippen LogP contribution in [0.5, 0.6) is 0 Å². The average Bonchev–Trinajstić information content (AvgIpc) is 2.83. The van der Waals surface area contributed by atoms with Gasteiger partial charge in [-0.25, -0.2) is 0 Å². The molecule has 102 valence electrons. The summed E-state index contributed by atoms with van der Waals surface area (Å²) >= 11 is 1.16. The number of rotatable bonds is 4. The molecule has 1 aromatic rings. The van der Waals surface area contributed by atoms with E-state index in [2.05, 4.69) is 5.10 Å². The number of nitrogens with zero attached hydrogens (tertiary/aromatic N) is 3. The van der Waals surface area contributed by atoms with E-state index in [1.54, 1.807) is 0 Å². The van der Waals surface area contributed by atoms with E-state index in [1.807, 2.05) is 0 Å². The molecular formula is C11H13N3O4S. The maximum absolute atomic E-state index is 11.8. The zero-order valence-corrected chi connectivity index (χ0v) is 11.1. The van der Waals surface area contributed by atoms with Gasteiger partial charge in [-0.15, -0.1) is 0 Å². The summed E-state index contributed by atoms with van der Waals surface area (Å²) in [7, 11) is 0. The third-order valence-electron chi connectivity index (χ3n) is 2.65. The van der Waals surface area contributed by atoms with Gasteiger partial charge in [0.25, 0.3) is 0 Å². The standard InChI is InChI=1S/C11H13N3O4S/c1-7(15)19-9-2-10(16)14(5-9)8-3-12-13(4-8)6-11(17)18/h3-4,9H,2,5-6H2,1H3,(H,17,18). The van der Waals surface area contributed by atoms with Gasteiger partial charge in [-0.05, 0) is 0 Å². The zero-order chi connectivity index (χ0) is 14.0. The lowest BCUT2D eigenvalue weighted by atomic mass is 10.4. The van der Waals surface area contributed by atoms with Crippen LogP contribution < -0.4 is 4.90 Å². The number of amides is 1. The number of thioether (sulfide) groups is 1. The molecule has 0 spiro atoms. The number of carboxylic acid groups (broad SMARTS) is 1. The number of carbonyl (C=O) groups excluding carboxylic acids is 2. The molecular weight excluding hydrogens is 270 g/mol. The van der Waals surface area contributed by atoms with Gasteiger partial charge in [0.1, 0.15) is 6.54 Å². The summed E-state index contributed by atoms with van der Waals surface area (Å²) in [5.74, 6) is -1.07. The second-order valence-electron chi connectivity index (χ2n) is 4.23. The molecule has 1 N–H and O–H groups in total. The SMILES string of the molecule is CC(=O)SC1CC(=O)N(c2cnn(CC(=O)O)c2)C1. The molecule has 1 aromatic heterocycles. The van der Waals surface area contributed by atoms with Gasteiger partial charge in [0.05, 0.1) is 11.9 Å². The van der Waals surface area contributed by atoms with Crippen LogP contribution in [0.4, 0.5) is 5.69 Å². The predicted octanol–water partition coefficient (Wildman–Crippen LogP) is 0.353. The Morgan fingerprint density at radius 3 is 2.95 bits per heavy atom. The van der Waals surface area contributed by atoms with Gasteiger partial charge in [-0.2, -0.15) is 5.10 Å². The molecule has 1 fully saturated rings. The molecule has 1 saturated heterocycles. The van der Waals surface area contributed by atoms with E-state index in [0.717, 1.165) is 11.8 Å². The van der Waals surface area contributed by atoms with Crippen molar-refractivity contribution in [3.63, 3.8) is 0 Å². The molecule has 0 aromatic carbocycles. The number of carbonyl (C=O) groups is 3. The summed E-state index contributed by atoms with van der Waals surface area (Å²) in [5, 5.41) is 12.5. The summed E-state index contributed by atoms with van der Waals surface area (Å²) in [6.45, 7) is 1.68. The van der Waals surface area contributed by atoms with Crippen molar-refractivity contribution in [2.24, 2.45) is 0 Å². The van der Waals surface area contributed by atoms with Crippen LogP contribution in [0, 0.1) is 0 Å². The number of hydrogen-bond donors (Lipinski definition) is 1. The van der Waals surface area contributed by atoms with Gasteiger partial charge in [0.2, 0.25) is 5.91 Å². The fraction of sp³-hybridized carbons (Fsp3) is 0.455. The quantitative estimate of drug-likeness (QED) is 0.857. The maximum atomic E-state index is 11.8. The molecule has 1 unspecified atom stereocenters. The van der Waals surface area contributed by atoms with Crippen LogP contribution >= 0.6 is 11.8 Å². The van der Waals surface area contributed by atoms with Crippen LogP contribution in [-0.2, 0) is 20.9 Å². The lowest BCUT2D eigenvalue weighted by Crippen LogP contribution is -2.24.